The summed E-state index contributed by atoms with van der Waals surface area (Å²) < 4.78 is 1.93. The van der Waals surface area contributed by atoms with Gasteiger partial charge in [-0.1, -0.05) is 36.4 Å². The summed E-state index contributed by atoms with van der Waals surface area (Å²) in [5, 5.41) is 7.48. The lowest BCUT2D eigenvalue weighted by molar-refractivity contribution is -0.123. The quantitative estimate of drug-likeness (QED) is 0.588. The Hall–Kier alpha value is -4.01. The van der Waals surface area contributed by atoms with E-state index in [0.29, 0.717) is 50.5 Å². The van der Waals surface area contributed by atoms with Crippen LogP contribution in [0.4, 0.5) is 0 Å². The van der Waals surface area contributed by atoms with Crippen molar-refractivity contribution in [2.24, 2.45) is 0 Å². The number of aromatic nitrogens is 3. The standard InChI is InChI=1S/C26H28N6O3/c33-23-18-31(16-13-28-23)26(35)24-20-17-30(25(34)21-10-4-5-12-27-21)15-11-22(20)32(29-24)14-6-9-19-7-2-1-3-8-19/h1-5,7-8,10,12H,6,9,11,13-18H2,(H,28,33). The van der Waals surface area contributed by atoms with Crippen molar-refractivity contribution in [2.75, 3.05) is 26.2 Å². The Morgan fingerprint density at radius 2 is 1.74 bits per heavy atom. The van der Waals surface area contributed by atoms with Crippen molar-refractivity contribution in [3.63, 3.8) is 0 Å². The van der Waals surface area contributed by atoms with Crippen molar-refractivity contribution < 1.29 is 14.4 Å². The summed E-state index contributed by atoms with van der Waals surface area (Å²) >= 11 is 0. The summed E-state index contributed by atoms with van der Waals surface area (Å²) in [7, 11) is 0. The molecule has 0 spiro atoms. The number of hydrogen-bond acceptors (Lipinski definition) is 5. The molecule has 9 nitrogen and oxygen atoms in total. The lowest BCUT2D eigenvalue weighted by atomic mass is 10.0. The minimum absolute atomic E-state index is 0.0189. The van der Waals surface area contributed by atoms with E-state index >= 15 is 0 Å². The van der Waals surface area contributed by atoms with Gasteiger partial charge in [-0.15, -0.1) is 0 Å². The molecule has 1 aromatic carbocycles. The smallest absolute Gasteiger partial charge is 0.275 e. The predicted octanol–water partition coefficient (Wildman–Crippen LogP) is 1.68. The minimum atomic E-state index is -0.259. The van der Waals surface area contributed by atoms with Crippen LogP contribution in [0.3, 0.4) is 0 Å². The van der Waals surface area contributed by atoms with E-state index in [2.05, 4.69) is 22.4 Å². The maximum Gasteiger partial charge on any atom is 0.275 e. The lowest BCUT2D eigenvalue weighted by Gasteiger charge is -2.29. The highest BCUT2D eigenvalue weighted by Crippen LogP contribution is 2.25. The molecule has 2 aliphatic rings. The molecule has 0 aliphatic carbocycles. The molecule has 0 unspecified atom stereocenters. The van der Waals surface area contributed by atoms with E-state index in [-0.39, 0.29) is 24.3 Å². The normalized spacial score (nSPS) is 15.5. The Morgan fingerprint density at radius 3 is 2.51 bits per heavy atom. The summed E-state index contributed by atoms with van der Waals surface area (Å²) in [6, 6.07) is 15.5. The van der Waals surface area contributed by atoms with Crippen molar-refractivity contribution in [2.45, 2.75) is 32.4 Å². The number of hydrogen-bond donors (Lipinski definition) is 1. The fraction of sp³-hybridized carbons (Fsp3) is 0.346. The van der Waals surface area contributed by atoms with Crippen LogP contribution in [-0.2, 0) is 30.7 Å². The van der Waals surface area contributed by atoms with Crippen molar-refractivity contribution >= 4 is 17.7 Å². The summed E-state index contributed by atoms with van der Waals surface area (Å²) in [4.78, 5) is 45.8. The molecule has 180 valence electrons. The Kier molecular flexibility index (Phi) is 6.56. The van der Waals surface area contributed by atoms with Gasteiger partial charge in [0, 0.05) is 50.1 Å². The molecule has 9 heteroatoms. The van der Waals surface area contributed by atoms with E-state index in [9.17, 15) is 14.4 Å². The Morgan fingerprint density at radius 1 is 0.943 bits per heavy atom. The van der Waals surface area contributed by atoms with Gasteiger partial charge in [0.15, 0.2) is 5.69 Å². The number of carbonyl (C=O) groups excluding carboxylic acids is 3. The van der Waals surface area contributed by atoms with Crippen LogP contribution in [-0.4, -0.2) is 68.5 Å². The fourth-order valence-corrected chi connectivity index (χ4v) is 4.71. The molecule has 4 heterocycles. The van der Waals surface area contributed by atoms with Crippen LogP contribution in [0, 0.1) is 0 Å². The molecule has 3 aromatic rings. The molecular formula is C26H28N6O3. The monoisotopic (exact) mass is 472 g/mol. The number of nitrogens with zero attached hydrogens (tertiary/aromatic N) is 5. The van der Waals surface area contributed by atoms with Gasteiger partial charge in [0.05, 0.1) is 13.1 Å². The third-order valence-corrected chi connectivity index (χ3v) is 6.51. The molecule has 0 saturated carbocycles. The first-order valence-electron chi connectivity index (χ1n) is 12.0. The maximum atomic E-state index is 13.4. The zero-order valence-electron chi connectivity index (χ0n) is 19.5. The number of benzene rings is 1. The van der Waals surface area contributed by atoms with Gasteiger partial charge < -0.3 is 15.1 Å². The van der Waals surface area contributed by atoms with E-state index in [4.69, 9.17) is 5.10 Å². The zero-order chi connectivity index (χ0) is 24.2. The van der Waals surface area contributed by atoms with Gasteiger partial charge in [0.1, 0.15) is 5.69 Å². The number of nitrogens with one attached hydrogen (secondary N) is 1. The van der Waals surface area contributed by atoms with Gasteiger partial charge in [-0.2, -0.15) is 5.10 Å². The van der Waals surface area contributed by atoms with Gasteiger partial charge in [0.2, 0.25) is 5.91 Å². The Labute approximate surface area is 203 Å². The highest BCUT2D eigenvalue weighted by atomic mass is 16.2. The number of aryl methyl sites for hydroxylation is 2. The Bertz CT molecular complexity index is 1220. The van der Waals surface area contributed by atoms with Crippen LogP contribution in [0.2, 0.25) is 0 Å². The summed E-state index contributed by atoms with van der Waals surface area (Å²) in [6.45, 7) is 2.40. The van der Waals surface area contributed by atoms with Gasteiger partial charge in [-0.3, -0.25) is 24.0 Å². The van der Waals surface area contributed by atoms with E-state index < -0.39 is 0 Å². The summed E-state index contributed by atoms with van der Waals surface area (Å²) in [6.07, 6.45) is 4.01. The van der Waals surface area contributed by atoms with Crippen LogP contribution < -0.4 is 5.32 Å². The zero-order valence-corrected chi connectivity index (χ0v) is 19.5. The number of pyridine rings is 1. The molecule has 0 radical (unpaired) electrons. The molecule has 0 bridgehead atoms. The van der Waals surface area contributed by atoms with Gasteiger partial charge in [0.25, 0.3) is 11.8 Å². The highest BCUT2D eigenvalue weighted by Gasteiger charge is 2.33. The minimum Gasteiger partial charge on any atom is -0.353 e. The SMILES string of the molecule is O=C1CN(C(=O)c2nn(CCCc3ccccc3)c3c2CN(C(=O)c2ccccn2)CC3)CCN1. The third-order valence-electron chi connectivity index (χ3n) is 6.51. The van der Waals surface area contributed by atoms with Gasteiger partial charge in [-0.05, 0) is 30.5 Å². The second-order valence-electron chi connectivity index (χ2n) is 8.85. The first-order chi connectivity index (χ1) is 17.1. The lowest BCUT2D eigenvalue weighted by Crippen LogP contribution is -2.50. The van der Waals surface area contributed by atoms with Crippen LogP contribution in [0.15, 0.2) is 54.7 Å². The number of fused-ring (bicyclic) bond motifs is 1. The van der Waals surface area contributed by atoms with Crippen molar-refractivity contribution in [1.82, 2.24) is 29.9 Å². The fourth-order valence-electron chi connectivity index (χ4n) is 4.71. The van der Waals surface area contributed by atoms with E-state index in [1.165, 1.54) is 10.5 Å². The number of rotatable bonds is 6. The molecule has 1 fully saturated rings. The number of amides is 3. The first-order valence-corrected chi connectivity index (χ1v) is 12.0. The molecule has 2 aromatic heterocycles. The van der Waals surface area contributed by atoms with Gasteiger partial charge >= 0.3 is 0 Å². The predicted molar refractivity (Wildman–Crippen MR) is 129 cm³/mol. The highest BCUT2D eigenvalue weighted by molar-refractivity contribution is 5.97. The van der Waals surface area contributed by atoms with Crippen LogP contribution >= 0.6 is 0 Å². The molecule has 0 atom stereocenters. The van der Waals surface area contributed by atoms with E-state index in [0.717, 1.165) is 24.1 Å². The maximum absolute atomic E-state index is 13.4. The van der Waals surface area contributed by atoms with Gasteiger partial charge in [-0.25, -0.2) is 0 Å². The largest absolute Gasteiger partial charge is 0.353 e. The number of piperazine rings is 1. The first kappa shape index (κ1) is 22.8. The third kappa shape index (κ3) is 4.94. The summed E-state index contributed by atoms with van der Waals surface area (Å²) in [5.74, 6) is -0.596. The topological polar surface area (TPSA) is 100 Å². The van der Waals surface area contributed by atoms with Crippen LogP contribution in [0.25, 0.3) is 0 Å². The second-order valence-corrected chi connectivity index (χ2v) is 8.85. The van der Waals surface area contributed by atoms with Crippen molar-refractivity contribution in [3.8, 4) is 0 Å². The molecule has 1 saturated heterocycles. The summed E-state index contributed by atoms with van der Waals surface area (Å²) in [5.41, 5.74) is 3.75. The number of carbonyl (C=O) groups is 3. The average Bonchev–Trinajstić information content (AvgIpc) is 3.26. The molecule has 2 aliphatic heterocycles. The molecule has 1 N–H and O–H groups in total. The molecular weight excluding hydrogens is 444 g/mol. The molecule has 3 amide bonds. The molecule has 35 heavy (non-hydrogen) atoms. The van der Waals surface area contributed by atoms with E-state index in [1.807, 2.05) is 22.9 Å². The Balaban J connectivity index is 1.40. The van der Waals surface area contributed by atoms with E-state index in [1.54, 1.807) is 29.3 Å². The van der Waals surface area contributed by atoms with Crippen LogP contribution in [0.1, 0.15) is 44.2 Å². The second kappa shape index (κ2) is 10.1. The molecule has 5 rings (SSSR count). The van der Waals surface area contributed by atoms with Crippen molar-refractivity contribution in [1.29, 1.82) is 0 Å². The average molecular weight is 473 g/mol. The van der Waals surface area contributed by atoms with Crippen molar-refractivity contribution in [3.05, 3.63) is 82.9 Å². The van der Waals surface area contributed by atoms with Crippen LogP contribution in [0.5, 0.6) is 0 Å².